The van der Waals surface area contributed by atoms with E-state index in [0.29, 0.717) is 6.42 Å². The number of benzene rings is 1. The van der Waals surface area contributed by atoms with Crippen molar-refractivity contribution in [2.24, 2.45) is 0 Å². The van der Waals surface area contributed by atoms with Crippen LogP contribution in [0.5, 0.6) is 0 Å². The number of fused-ring (bicyclic) bond motifs is 2. The molecule has 0 spiro atoms. The van der Waals surface area contributed by atoms with Crippen molar-refractivity contribution in [3.8, 4) is 0 Å². The molecule has 2 unspecified atom stereocenters. The first kappa shape index (κ1) is 15.8. The highest BCUT2D eigenvalue weighted by atomic mass is 32.2. The Kier molecular flexibility index (Phi) is 4.19. The molecule has 120 valence electrons. The lowest BCUT2D eigenvalue weighted by Crippen LogP contribution is -2.38. The molecule has 0 N–H and O–H groups in total. The smallest absolute Gasteiger partial charge is 0.159 e. The molecule has 0 aliphatic carbocycles. The van der Waals surface area contributed by atoms with Gasteiger partial charge in [-0.2, -0.15) is 0 Å². The first-order chi connectivity index (χ1) is 10.5. The van der Waals surface area contributed by atoms with Gasteiger partial charge in [-0.15, -0.1) is 0 Å². The van der Waals surface area contributed by atoms with Gasteiger partial charge in [0.2, 0.25) is 0 Å². The second kappa shape index (κ2) is 5.84. The first-order valence-electron chi connectivity index (χ1n) is 8.53. The number of hydrogen-bond acceptors (Lipinski definition) is 2. The molecule has 0 radical (unpaired) electrons. The van der Waals surface area contributed by atoms with Crippen LogP contribution in [0.2, 0.25) is 0 Å². The Morgan fingerprint density at radius 2 is 1.73 bits per heavy atom. The summed E-state index contributed by atoms with van der Waals surface area (Å²) in [6, 6.07) is 4.54. The third kappa shape index (κ3) is 2.54. The molecule has 3 rings (SSSR count). The maximum Gasteiger partial charge on any atom is 0.159 e. The Bertz CT molecular complexity index is 688. The number of allylic oxidation sites excluding steroid dienone is 1. The van der Waals surface area contributed by atoms with Gasteiger partial charge < -0.3 is 0 Å². The molecule has 22 heavy (non-hydrogen) atoms. The molecule has 2 atom stereocenters. The SMILES string of the molecule is CCc1cc(C)cc(CC)c1C1=CC2CCCC(C1)S2(=O)=O. The topological polar surface area (TPSA) is 34.1 Å². The second-order valence-electron chi connectivity index (χ2n) is 6.74. The van der Waals surface area contributed by atoms with E-state index in [2.05, 4.69) is 39.0 Å². The van der Waals surface area contributed by atoms with Crippen molar-refractivity contribution in [2.45, 2.75) is 69.8 Å². The van der Waals surface area contributed by atoms with Gasteiger partial charge in [-0.25, -0.2) is 8.42 Å². The van der Waals surface area contributed by atoms with Gasteiger partial charge in [-0.3, -0.25) is 0 Å². The predicted octanol–water partition coefficient (Wildman–Crippen LogP) is 4.24. The maximum absolute atomic E-state index is 12.5. The minimum Gasteiger partial charge on any atom is -0.228 e. The van der Waals surface area contributed by atoms with E-state index < -0.39 is 9.84 Å². The molecule has 3 heteroatoms. The zero-order chi connectivity index (χ0) is 15.9. The average Bonchev–Trinajstić information content (AvgIpc) is 2.45. The van der Waals surface area contributed by atoms with Crippen LogP contribution >= 0.6 is 0 Å². The fourth-order valence-electron chi connectivity index (χ4n) is 4.15. The molecular weight excluding hydrogens is 292 g/mol. The zero-order valence-electron chi connectivity index (χ0n) is 13.9. The Balaban J connectivity index is 2.14. The lowest BCUT2D eigenvalue weighted by molar-refractivity contribution is 0.517. The van der Waals surface area contributed by atoms with Crippen LogP contribution in [-0.4, -0.2) is 18.9 Å². The van der Waals surface area contributed by atoms with Crippen molar-refractivity contribution < 1.29 is 8.42 Å². The highest BCUT2D eigenvalue weighted by molar-refractivity contribution is 7.93. The van der Waals surface area contributed by atoms with E-state index in [1.807, 2.05) is 0 Å². The van der Waals surface area contributed by atoms with Crippen molar-refractivity contribution in [2.75, 3.05) is 0 Å². The van der Waals surface area contributed by atoms with Gasteiger partial charge in [-0.1, -0.05) is 44.0 Å². The van der Waals surface area contributed by atoms with Crippen LogP contribution in [0.15, 0.2) is 18.2 Å². The normalized spacial score (nSPS) is 26.6. The van der Waals surface area contributed by atoms with E-state index in [4.69, 9.17) is 0 Å². The molecular formula is C19H26O2S. The second-order valence-corrected chi connectivity index (χ2v) is 9.19. The van der Waals surface area contributed by atoms with E-state index >= 15 is 0 Å². The summed E-state index contributed by atoms with van der Waals surface area (Å²) in [6.45, 7) is 6.54. The van der Waals surface area contributed by atoms with Crippen LogP contribution in [0.3, 0.4) is 0 Å². The van der Waals surface area contributed by atoms with Crippen molar-refractivity contribution in [3.05, 3.63) is 40.5 Å². The number of sulfone groups is 1. The largest absolute Gasteiger partial charge is 0.228 e. The van der Waals surface area contributed by atoms with Crippen LogP contribution in [-0.2, 0) is 22.7 Å². The molecule has 1 fully saturated rings. The Morgan fingerprint density at radius 3 is 2.27 bits per heavy atom. The lowest BCUT2D eigenvalue weighted by atomic mass is 9.85. The number of hydrogen-bond donors (Lipinski definition) is 0. The maximum atomic E-state index is 12.5. The molecule has 0 saturated carbocycles. The fourth-order valence-corrected chi connectivity index (χ4v) is 6.40. The van der Waals surface area contributed by atoms with Crippen molar-refractivity contribution >= 4 is 15.4 Å². The highest BCUT2D eigenvalue weighted by Gasteiger charge is 2.40. The summed E-state index contributed by atoms with van der Waals surface area (Å²) >= 11 is 0. The highest BCUT2D eigenvalue weighted by Crippen LogP contribution is 2.41. The minimum absolute atomic E-state index is 0.151. The van der Waals surface area contributed by atoms with Crippen LogP contribution in [0.4, 0.5) is 0 Å². The third-order valence-corrected chi connectivity index (χ3v) is 7.81. The van der Waals surface area contributed by atoms with Gasteiger partial charge in [0.05, 0.1) is 10.5 Å². The molecule has 1 saturated heterocycles. The Labute approximate surface area is 134 Å². The van der Waals surface area contributed by atoms with E-state index in [0.717, 1.165) is 32.1 Å². The fraction of sp³-hybridized carbons (Fsp3) is 0.579. The van der Waals surface area contributed by atoms with E-state index in [1.165, 1.54) is 27.8 Å². The molecule has 1 aromatic rings. The molecule has 2 aliphatic heterocycles. The Morgan fingerprint density at radius 1 is 1.09 bits per heavy atom. The molecule has 2 heterocycles. The summed E-state index contributed by atoms with van der Waals surface area (Å²) in [5, 5.41) is -0.396. The third-order valence-electron chi connectivity index (χ3n) is 5.26. The Hall–Kier alpha value is -1.09. The van der Waals surface area contributed by atoms with Crippen LogP contribution in [0, 0.1) is 6.92 Å². The quantitative estimate of drug-likeness (QED) is 0.835. The lowest BCUT2D eigenvalue weighted by Gasteiger charge is -2.34. The van der Waals surface area contributed by atoms with Crippen molar-refractivity contribution in [1.29, 1.82) is 0 Å². The summed E-state index contributed by atoms with van der Waals surface area (Å²) in [5.41, 5.74) is 6.70. The van der Waals surface area contributed by atoms with Gasteiger partial charge in [0.15, 0.2) is 9.84 Å². The summed E-state index contributed by atoms with van der Waals surface area (Å²) in [6.07, 6.45) is 7.48. The predicted molar refractivity (Wildman–Crippen MR) is 92.9 cm³/mol. The van der Waals surface area contributed by atoms with E-state index in [9.17, 15) is 8.42 Å². The van der Waals surface area contributed by atoms with Crippen LogP contribution in [0.1, 0.15) is 61.8 Å². The monoisotopic (exact) mass is 318 g/mol. The molecule has 0 aromatic heterocycles. The summed E-state index contributed by atoms with van der Waals surface area (Å²) in [5.74, 6) is 0. The van der Waals surface area contributed by atoms with E-state index in [1.54, 1.807) is 0 Å². The molecule has 2 bridgehead atoms. The number of aryl methyl sites for hydroxylation is 3. The minimum atomic E-state index is -2.93. The van der Waals surface area contributed by atoms with Gasteiger partial charge in [0.1, 0.15) is 0 Å². The van der Waals surface area contributed by atoms with Gasteiger partial charge in [-0.05, 0) is 61.3 Å². The molecule has 0 amide bonds. The van der Waals surface area contributed by atoms with E-state index in [-0.39, 0.29) is 10.5 Å². The van der Waals surface area contributed by atoms with Crippen LogP contribution < -0.4 is 0 Å². The van der Waals surface area contributed by atoms with Crippen molar-refractivity contribution in [3.63, 3.8) is 0 Å². The summed E-state index contributed by atoms with van der Waals surface area (Å²) in [4.78, 5) is 0. The first-order valence-corrected chi connectivity index (χ1v) is 10.1. The van der Waals surface area contributed by atoms with Crippen LogP contribution in [0.25, 0.3) is 5.57 Å². The summed E-state index contributed by atoms with van der Waals surface area (Å²) in [7, 11) is -2.93. The molecule has 2 aliphatic rings. The zero-order valence-corrected chi connectivity index (χ0v) is 14.7. The number of rotatable bonds is 3. The van der Waals surface area contributed by atoms with Crippen molar-refractivity contribution in [1.82, 2.24) is 0 Å². The molecule has 2 nitrogen and oxygen atoms in total. The molecule has 1 aromatic carbocycles. The average molecular weight is 318 g/mol. The van der Waals surface area contributed by atoms with Gasteiger partial charge in [0.25, 0.3) is 0 Å². The summed E-state index contributed by atoms with van der Waals surface area (Å²) < 4.78 is 25.0. The standard InChI is InChI=1S/C19H26O2S/c1-4-14-9-13(3)10-15(5-2)19(14)16-11-17-7-6-8-18(12-16)22(17,20)21/h9-11,17-18H,4-8,12H2,1-3H3. The van der Waals surface area contributed by atoms with Gasteiger partial charge in [0, 0.05) is 0 Å². The van der Waals surface area contributed by atoms with Gasteiger partial charge >= 0.3 is 0 Å².